The molecule has 0 N–H and O–H groups in total. The number of rotatable bonds is 12. The second-order valence-electron chi connectivity index (χ2n) is 8.12. The Morgan fingerprint density at radius 3 is 2.17 bits per heavy atom. The van der Waals surface area contributed by atoms with E-state index < -0.39 is 4.92 Å². The average molecular weight is 410 g/mol. The van der Waals surface area contributed by atoms with Crippen molar-refractivity contribution in [2.75, 3.05) is 0 Å². The molecule has 5 heteroatoms. The van der Waals surface area contributed by atoms with E-state index in [1.165, 1.54) is 57.9 Å². The van der Waals surface area contributed by atoms with Crippen LogP contribution in [0.5, 0.6) is 0 Å². The predicted molar refractivity (Wildman–Crippen MR) is 121 cm³/mol. The van der Waals surface area contributed by atoms with Crippen LogP contribution in [0.15, 0.2) is 34.7 Å². The normalized spacial score (nSPS) is 11.4. The van der Waals surface area contributed by atoms with Gasteiger partial charge in [-0.1, -0.05) is 76.5 Å². The largest absolute Gasteiger partial charge is 0.452 e. The molecule has 5 nitrogen and oxygen atoms in total. The van der Waals surface area contributed by atoms with Crippen LogP contribution in [0.4, 0.5) is 5.69 Å². The number of furan rings is 1. The van der Waals surface area contributed by atoms with Gasteiger partial charge in [0.05, 0.1) is 16.4 Å². The van der Waals surface area contributed by atoms with Gasteiger partial charge < -0.3 is 4.42 Å². The summed E-state index contributed by atoms with van der Waals surface area (Å²) in [6.45, 7) is 3.73. The molecule has 2 aromatic carbocycles. The van der Waals surface area contributed by atoms with Crippen molar-refractivity contribution in [2.24, 2.45) is 0 Å². The predicted octanol–water partition coefficient (Wildman–Crippen LogP) is 7.77. The summed E-state index contributed by atoms with van der Waals surface area (Å²) >= 11 is 0. The SMILES string of the molecule is CCCCCCCCCCCc1c(C(C)=O)oc2cc([N+](=O)[O-])c3ccccc3c12. The first-order chi connectivity index (χ1) is 14.5. The first-order valence-corrected chi connectivity index (χ1v) is 11.2. The highest BCUT2D eigenvalue weighted by Crippen LogP contribution is 2.38. The molecule has 0 fully saturated rings. The minimum Gasteiger partial charge on any atom is -0.452 e. The van der Waals surface area contributed by atoms with Crippen LogP contribution in [-0.2, 0) is 6.42 Å². The summed E-state index contributed by atoms with van der Waals surface area (Å²) in [6, 6.07) is 8.77. The minimum absolute atomic E-state index is 0.0107. The lowest BCUT2D eigenvalue weighted by atomic mass is 9.96. The number of carbonyl (C=O) groups is 1. The fraction of sp³-hybridized carbons (Fsp3) is 0.480. The Morgan fingerprint density at radius 2 is 1.57 bits per heavy atom. The Hall–Kier alpha value is -2.69. The van der Waals surface area contributed by atoms with Crippen LogP contribution in [0.3, 0.4) is 0 Å². The Bertz CT molecular complexity index is 1030. The quantitative estimate of drug-likeness (QED) is 0.132. The van der Waals surface area contributed by atoms with Gasteiger partial charge in [-0.05, 0) is 24.3 Å². The lowest BCUT2D eigenvalue weighted by Crippen LogP contribution is -1.97. The van der Waals surface area contributed by atoms with Crippen LogP contribution >= 0.6 is 0 Å². The highest BCUT2D eigenvalue weighted by Gasteiger charge is 2.23. The summed E-state index contributed by atoms with van der Waals surface area (Å²) < 4.78 is 5.84. The molecule has 0 unspecified atom stereocenters. The fourth-order valence-electron chi connectivity index (χ4n) is 4.29. The molecule has 3 aromatic rings. The van der Waals surface area contributed by atoms with E-state index in [9.17, 15) is 14.9 Å². The molecule has 0 aliphatic carbocycles. The zero-order valence-electron chi connectivity index (χ0n) is 18.0. The van der Waals surface area contributed by atoms with Gasteiger partial charge in [0.25, 0.3) is 5.69 Å². The van der Waals surface area contributed by atoms with Crippen LogP contribution in [0.2, 0.25) is 0 Å². The number of non-ortho nitro benzene ring substituents is 1. The van der Waals surface area contributed by atoms with E-state index in [1.54, 1.807) is 12.1 Å². The number of hydrogen-bond donors (Lipinski definition) is 0. The molecule has 0 spiro atoms. The molecule has 0 amide bonds. The first-order valence-electron chi connectivity index (χ1n) is 11.2. The van der Waals surface area contributed by atoms with E-state index in [2.05, 4.69) is 6.92 Å². The van der Waals surface area contributed by atoms with E-state index in [0.717, 1.165) is 35.6 Å². The van der Waals surface area contributed by atoms with Crippen molar-refractivity contribution in [3.63, 3.8) is 0 Å². The lowest BCUT2D eigenvalue weighted by Gasteiger charge is -2.05. The Kier molecular flexibility index (Phi) is 7.61. The number of carbonyl (C=O) groups excluding carboxylic acids is 1. The van der Waals surface area contributed by atoms with E-state index >= 15 is 0 Å². The number of aryl methyl sites for hydroxylation is 1. The molecular formula is C25H31NO4. The van der Waals surface area contributed by atoms with Crippen molar-refractivity contribution in [2.45, 2.75) is 78.1 Å². The number of fused-ring (bicyclic) bond motifs is 3. The lowest BCUT2D eigenvalue weighted by molar-refractivity contribution is -0.383. The van der Waals surface area contributed by atoms with Crippen molar-refractivity contribution in [3.8, 4) is 0 Å². The number of nitro benzene ring substituents is 1. The Morgan fingerprint density at radius 1 is 0.967 bits per heavy atom. The van der Waals surface area contributed by atoms with Crippen LogP contribution in [0.25, 0.3) is 21.7 Å². The van der Waals surface area contributed by atoms with Gasteiger partial charge in [-0.15, -0.1) is 0 Å². The van der Waals surface area contributed by atoms with Gasteiger partial charge in [0.15, 0.2) is 11.5 Å². The molecule has 1 heterocycles. The van der Waals surface area contributed by atoms with Gasteiger partial charge in [0, 0.05) is 17.9 Å². The third-order valence-corrected chi connectivity index (χ3v) is 5.82. The molecule has 30 heavy (non-hydrogen) atoms. The molecule has 0 saturated carbocycles. The highest BCUT2D eigenvalue weighted by molar-refractivity contribution is 6.14. The van der Waals surface area contributed by atoms with Gasteiger partial charge >= 0.3 is 0 Å². The molecule has 0 aliphatic heterocycles. The molecule has 0 bridgehead atoms. The maximum atomic E-state index is 12.2. The molecule has 0 aliphatic rings. The Balaban J connectivity index is 1.80. The second kappa shape index (κ2) is 10.4. The smallest absolute Gasteiger partial charge is 0.280 e. The van der Waals surface area contributed by atoms with E-state index in [4.69, 9.17) is 4.42 Å². The monoisotopic (exact) mass is 409 g/mol. The Labute approximate surface area is 177 Å². The van der Waals surface area contributed by atoms with E-state index in [0.29, 0.717) is 16.7 Å². The summed E-state index contributed by atoms with van der Waals surface area (Å²) in [5, 5.41) is 13.7. The third kappa shape index (κ3) is 4.89. The zero-order chi connectivity index (χ0) is 21.5. The highest BCUT2D eigenvalue weighted by atomic mass is 16.6. The van der Waals surface area contributed by atoms with Gasteiger partial charge in [-0.3, -0.25) is 14.9 Å². The number of ketones is 1. The number of nitrogens with zero attached hydrogens (tertiary/aromatic N) is 1. The summed E-state index contributed by atoms with van der Waals surface area (Å²) in [6.07, 6.45) is 11.8. The third-order valence-electron chi connectivity index (χ3n) is 5.82. The van der Waals surface area contributed by atoms with Gasteiger partial charge in [0.2, 0.25) is 0 Å². The summed E-state index contributed by atoms with van der Waals surface area (Å²) in [5.41, 5.74) is 1.33. The summed E-state index contributed by atoms with van der Waals surface area (Å²) in [4.78, 5) is 23.4. The van der Waals surface area contributed by atoms with Crippen LogP contribution in [0, 0.1) is 10.1 Å². The molecule has 3 rings (SSSR count). The number of nitro groups is 1. The molecule has 0 atom stereocenters. The first kappa shape index (κ1) is 22.0. The van der Waals surface area contributed by atoms with Crippen LogP contribution in [-0.4, -0.2) is 10.7 Å². The molecule has 0 radical (unpaired) electrons. The van der Waals surface area contributed by atoms with Gasteiger partial charge in [-0.2, -0.15) is 0 Å². The standard InChI is InChI=1S/C25H31NO4/c1-3-4-5-6-7-8-9-10-11-16-21-24-20-15-13-12-14-19(20)22(26(28)29)17-23(24)30-25(21)18(2)27/h12-15,17H,3-11,16H2,1-2H3. The number of unbranched alkanes of at least 4 members (excludes halogenated alkanes) is 8. The topological polar surface area (TPSA) is 73.3 Å². The van der Waals surface area contributed by atoms with Crippen molar-refractivity contribution in [3.05, 3.63) is 51.8 Å². The molecule has 0 saturated heterocycles. The minimum atomic E-state index is -0.391. The maximum Gasteiger partial charge on any atom is 0.280 e. The number of benzene rings is 2. The van der Waals surface area contributed by atoms with Crippen LogP contribution < -0.4 is 0 Å². The second-order valence-corrected chi connectivity index (χ2v) is 8.12. The van der Waals surface area contributed by atoms with Gasteiger partial charge in [-0.25, -0.2) is 0 Å². The van der Waals surface area contributed by atoms with Gasteiger partial charge in [0.1, 0.15) is 5.58 Å². The summed E-state index contributed by atoms with van der Waals surface area (Å²) in [7, 11) is 0. The van der Waals surface area contributed by atoms with Crippen molar-refractivity contribution in [1.82, 2.24) is 0 Å². The average Bonchev–Trinajstić information content (AvgIpc) is 3.11. The fourth-order valence-corrected chi connectivity index (χ4v) is 4.29. The van der Waals surface area contributed by atoms with Crippen molar-refractivity contribution >= 4 is 33.2 Å². The van der Waals surface area contributed by atoms with Crippen LogP contribution in [0.1, 0.15) is 87.8 Å². The zero-order valence-corrected chi connectivity index (χ0v) is 18.0. The van der Waals surface area contributed by atoms with E-state index in [-0.39, 0.29) is 11.5 Å². The molecule has 1 aromatic heterocycles. The summed E-state index contributed by atoms with van der Waals surface area (Å²) in [5.74, 6) is 0.207. The maximum absolute atomic E-state index is 12.2. The molecule has 160 valence electrons. The number of Topliss-reactive ketones (excluding diaryl/α,β-unsaturated/α-hetero) is 1. The molecular weight excluding hydrogens is 378 g/mol. The van der Waals surface area contributed by atoms with Crippen molar-refractivity contribution < 1.29 is 14.1 Å². The number of hydrogen-bond acceptors (Lipinski definition) is 4. The van der Waals surface area contributed by atoms with E-state index in [1.807, 2.05) is 12.1 Å². The van der Waals surface area contributed by atoms with Crippen molar-refractivity contribution in [1.29, 1.82) is 0 Å².